The van der Waals surface area contributed by atoms with E-state index in [1.165, 1.54) is 6.20 Å². The van der Waals surface area contributed by atoms with Crippen molar-refractivity contribution in [2.45, 2.75) is 19.8 Å². The van der Waals surface area contributed by atoms with Crippen LogP contribution in [0.2, 0.25) is 0 Å². The van der Waals surface area contributed by atoms with Gasteiger partial charge in [-0.3, -0.25) is 4.79 Å². The van der Waals surface area contributed by atoms with Crippen molar-refractivity contribution in [1.82, 2.24) is 4.98 Å². The molecule has 0 saturated carbocycles. The van der Waals surface area contributed by atoms with E-state index < -0.39 is 0 Å². The van der Waals surface area contributed by atoms with Crippen LogP contribution in [0.5, 0.6) is 0 Å². The van der Waals surface area contributed by atoms with Gasteiger partial charge in [0.1, 0.15) is 5.82 Å². The molecule has 0 fully saturated rings. The molecule has 0 aliphatic heterocycles. The second-order valence-electron chi connectivity index (χ2n) is 4.77. The molecule has 20 heavy (non-hydrogen) atoms. The second-order valence-corrected chi connectivity index (χ2v) is 4.77. The molecule has 104 valence electrons. The molecular weight excluding hydrogens is 252 g/mol. The predicted molar refractivity (Wildman–Crippen MR) is 80.5 cm³/mol. The minimum atomic E-state index is -0.186. The molecule has 1 heterocycles. The molecule has 2 aromatic rings. The molecule has 5 heteroatoms. The maximum atomic E-state index is 12.2. The quantitative estimate of drug-likeness (QED) is 0.589. The van der Waals surface area contributed by atoms with Gasteiger partial charge < -0.3 is 10.7 Å². The molecule has 0 radical (unpaired) electrons. The van der Waals surface area contributed by atoms with Crippen molar-refractivity contribution in [2.24, 2.45) is 5.84 Å². The van der Waals surface area contributed by atoms with Crippen molar-refractivity contribution in [3.63, 3.8) is 0 Å². The van der Waals surface area contributed by atoms with Gasteiger partial charge in [-0.05, 0) is 29.7 Å². The first-order chi connectivity index (χ1) is 9.61. The number of hydrogen-bond acceptors (Lipinski definition) is 4. The summed E-state index contributed by atoms with van der Waals surface area (Å²) < 4.78 is 0. The Morgan fingerprint density at radius 1 is 1.20 bits per heavy atom. The minimum absolute atomic E-state index is 0.186. The number of benzene rings is 1. The second kappa shape index (κ2) is 6.16. The Bertz CT molecular complexity index is 593. The summed E-state index contributed by atoms with van der Waals surface area (Å²) in [5.41, 5.74) is 4.85. The summed E-state index contributed by atoms with van der Waals surface area (Å²) in [7, 11) is 0. The van der Waals surface area contributed by atoms with Crippen LogP contribution in [-0.4, -0.2) is 10.9 Å². The molecule has 0 bridgehead atoms. The number of hydrogen-bond donors (Lipinski definition) is 3. The Hall–Kier alpha value is -2.40. The van der Waals surface area contributed by atoms with Gasteiger partial charge in [0, 0.05) is 11.9 Å². The molecule has 1 aromatic heterocycles. The van der Waals surface area contributed by atoms with Gasteiger partial charge >= 0.3 is 0 Å². The summed E-state index contributed by atoms with van der Waals surface area (Å²) in [6.07, 6.45) is 1.49. The first kappa shape index (κ1) is 14.0. The number of nitrogens with one attached hydrogen (secondary N) is 2. The number of hydrazine groups is 1. The Morgan fingerprint density at radius 3 is 2.55 bits per heavy atom. The number of para-hydroxylation sites is 1. The molecule has 0 atom stereocenters. The van der Waals surface area contributed by atoms with Gasteiger partial charge in [0.2, 0.25) is 0 Å². The summed E-state index contributed by atoms with van der Waals surface area (Å²) in [5.74, 6) is 5.91. The lowest BCUT2D eigenvalue weighted by molar-refractivity contribution is 0.102. The van der Waals surface area contributed by atoms with E-state index in [4.69, 9.17) is 5.84 Å². The summed E-state index contributed by atoms with van der Waals surface area (Å²) >= 11 is 0. The molecule has 0 spiro atoms. The van der Waals surface area contributed by atoms with Gasteiger partial charge in [0.25, 0.3) is 5.91 Å². The summed E-state index contributed by atoms with van der Waals surface area (Å²) in [4.78, 5) is 16.2. The van der Waals surface area contributed by atoms with Gasteiger partial charge in [0.15, 0.2) is 0 Å². The molecular formula is C15H18N4O. The smallest absolute Gasteiger partial charge is 0.257 e. The molecule has 5 nitrogen and oxygen atoms in total. The Morgan fingerprint density at radius 2 is 1.95 bits per heavy atom. The SMILES string of the molecule is CC(C)c1ccccc1NC(=O)c1ccc(NN)nc1. The number of rotatable bonds is 4. The topological polar surface area (TPSA) is 80.0 Å². The third-order valence-electron chi connectivity index (χ3n) is 3.00. The first-order valence-electron chi connectivity index (χ1n) is 6.44. The maximum absolute atomic E-state index is 12.2. The number of carbonyl (C=O) groups is 1. The largest absolute Gasteiger partial charge is 0.322 e. The van der Waals surface area contributed by atoms with Crippen LogP contribution in [0.1, 0.15) is 35.7 Å². The van der Waals surface area contributed by atoms with Gasteiger partial charge in [0.05, 0.1) is 5.56 Å². The van der Waals surface area contributed by atoms with Crippen molar-refractivity contribution < 1.29 is 4.79 Å². The molecule has 1 aromatic carbocycles. The predicted octanol–water partition coefficient (Wildman–Crippen LogP) is 2.74. The van der Waals surface area contributed by atoms with E-state index in [2.05, 4.69) is 29.6 Å². The molecule has 4 N–H and O–H groups in total. The third-order valence-corrected chi connectivity index (χ3v) is 3.00. The van der Waals surface area contributed by atoms with E-state index in [0.717, 1.165) is 11.3 Å². The molecule has 0 aliphatic rings. The zero-order valence-corrected chi connectivity index (χ0v) is 11.6. The maximum Gasteiger partial charge on any atom is 0.257 e. The van der Waals surface area contributed by atoms with Crippen molar-refractivity contribution in [1.29, 1.82) is 0 Å². The van der Waals surface area contributed by atoms with Crippen molar-refractivity contribution >= 4 is 17.4 Å². The minimum Gasteiger partial charge on any atom is -0.322 e. The summed E-state index contributed by atoms with van der Waals surface area (Å²) in [5, 5.41) is 2.92. The number of anilines is 2. The average Bonchev–Trinajstić information content (AvgIpc) is 2.47. The zero-order valence-electron chi connectivity index (χ0n) is 11.6. The lowest BCUT2D eigenvalue weighted by Crippen LogP contribution is -2.15. The number of nitrogen functional groups attached to an aromatic ring is 1. The Kier molecular flexibility index (Phi) is 4.32. The highest BCUT2D eigenvalue weighted by Crippen LogP contribution is 2.24. The van der Waals surface area contributed by atoms with Gasteiger partial charge in [-0.25, -0.2) is 10.8 Å². The average molecular weight is 270 g/mol. The third kappa shape index (κ3) is 3.13. The van der Waals surface area contributed by atoms with Gasteiger partial charge in [-0.2, -0.15) is 0 Å². The van der Waals surface area contributed by atoms with Crippen molar-refractivity contribution in [3.05, 3.63) is 53.7 Å². The van der Waals surface area contributed by atoms with Crippen LogP contribution in [0.25, 0.3) is 0 Å². The molecule has 0 unspecified atom stereocenters. The fraction of sp³-hybridized carbons (Fsp3) is 0.200. The van der Waals surface area contributed by atoms with Crippen LogP contribution < -0.4 is 16.6 Å². The number of nitrogens with zero attached hydrogens (tertiary/aromatic N) is 1. The van der Waals surface area contributed by atoms with E-state index in [-0.39, 0.29) is 5.91 Å². The first-order valence-corrected chi connectivity index (χ1v) is 6.44. The van der Waals surface area contributed by atoms with Gasteiger partial charge in [-0.15, -0.1) is 0 Å². The standard InChI is InChI=1S/C15H18N4O/c1-10(2)12-5-3-4-6-13(12)18-15(20)11-7-8-14(19-16)17-9-11/h3-10H,16H2,1-2H3,(H,17,19)(H,18,20). The van der Waals surface area contributed by atoms with Crippen LogP contribution in [0, 0.1) is 0 Å². The van der Waals surface area contributed by atoms with Crippen LogP contribution >= 0.6 is 0 Å². The Balaban J connectivity index is 2.19. The van der Waals surface area contributed by atoms with Crippen molar-refractivity contribution in [2.75, 3.05) is 10.7 Å². The van der Waals surface area contributed by atoms with E-state index in [9.17, 15) is 4.79 Å². The van der Waals surface area contributed by atoms with Crippen LogP contribution in [0.4, 0.5) is 11.5 Å². The molecule has 2 rings (SSSR count). The summed E-state index contributed by atoms with van der Waals surface area (Å²) in [6, 6.07) is 11.1. The monoisotopic (exact) mass is 270 g/mol. The lowest BCUT2D eigenvalue weighted by Gasteiger charge is -2.13. The number of amides is 1. The van der Waals surface area contributed by atoms with Crippen LogP contribution in [0.3, 0.4) is 0 Å². The lowest BCUT2D eigenvalue weighted by atomic mass is 10.0. The zero-order chi connectivity index (χ0) is 14.5. The fourth-order valence-corrected chi connectivity index (χ4v) is 1.92. The van der Waals surface area contributed by atoms with E-state index >= 15 is 0 Å². The summed E-state index contributed by atoms with van der Waals surface area (Å²) in [6.45, 7) is 4.18. The normalized spacial score (nSPS) is 10.4. The Labute approximate surface area is 118 Å². The van der Waals surface area contributed by atoms with Crippen LogP contribution in [-0.2, 0) is 0 Å². The highest BCUT2D eigenvalue weighted by Gasteiger charge is 2.11. The van der Waals surface area contributed by atoms with Crippen molar-refractivity contribution in [3.8, 4) is 0 Å². The van der Waals surface area contributed by atoms with E-state index in [1.807, 2.05) is 24.3 Å². The van der Waals surface area contributed by atoms with Gasteiger partial charge in [-0.1, -0.05) is 32.0 Å². The van der Waals surface area contributed by atoms with E-state index in [0.29, 0.717) is 17.3 Å². The number of carbonyl (C=O) groups excluding carboxylic acids is 1. The van der Waals surface area contributed by atoms with Crippen LogP contribution in [0.15, 0.2) is 42.6 Å². The fourth-order valence-electron chi connectivity index (χ4n) is 1.92. The molecule has 0 aliphatic carbocycles. The number of nitrogens with two attached hydrogens (primary N) is 1. The highest BCUT2D eigenvalue weighted by molar-refractivity contribution is 6.04. The number of pyridine rings is 1. The molecule has 0 saturated heterocycles. The molecule has 1 amide bonds. The highest BCUT2D eigenvalue weighted by atomic mass is 16.1. The number of aromatic nitrogens is 1. The van der Waals surface area contributed by atoms with E-state index in [1.54, 1.807) is 12.1 Å².